The summed E-state index contributed by atoms with van der Waals surface area (Å²) in [6, 6.07) is 7.57. The van der Waals surface area contributed by atoms with Crippen molar-refractivity contribution in [2.75, 3.05) is 5.32 Å². The Morgan fingerprint density at radius 1 is 1.35 bits per heavy atom. The van der Waals surface area contributed by atoms with Crippen LogP contribution in [0.4, 0.5) is 10.8 Å². The number of anilines is 1. The maximum absolute atomic E-state index is 12.1. The molecule has 0 fully saturated rings. The number of nitrogens with one attached hydrogen (secondary N) is 2. The van der Waals surface area contributed by atoms with Gasteiger partial charge in [0.15, 0.2) is 5.13 Å². The normalized spacial score (nSPS) is 10.5. The van der Waals surface area contributed by atoms with Crippen LogP contribution in [0.1, 0.15) is 10.5 Å². The average molecular weight is 394 g/mol. The van der Waals surface area contributed by atoms with Crippen molar-refractivity contribution in [2.24, 2.45) is 0 Å². The van der Waals surface area contributed by atoms with E-state index in [9.17, 15) is 14.9 Å². The van der Waals surface area contributed by atoms with Crippen molar-refractivity contribution in [3.05, 3.63) is 56.1 Å². The van der Waals surface area contributed by atoms with Gasteiger partial charge in [0.05, 0.1) is 10.6 Å². The Labute approximate surface area is 141 Å². The van der Waals surface area contributed by atoms with Crippen LogP contribution in [0.15, 0.2) is 40.3 Å². The zero-order valence-electron chi connectivity index (χ0n) is 11.3. The molecule has 116 valence electrons. The van der Waals surface area contributed by atoms with Crippen molar-refractivity contribution in [3.63, 3.8) is 0 Å². The first kappa shape index (κ1) is 15.3. The second-order valence-corrected chi connectivity index (χ2v) is 6.16. The molecule has 0 saturated carbocycles. The van der Waals surface area contributed by atoms with Crippen LogP contribution in [0.3, 0.4) is 0 Å². The fourth-order valence-electron chi connectivity index (χ4n) is 1.83. The summed E-state index contributed by atoms with van der Waals surface area (Å²) in [5, 5.41) is 21.3. The summed E-state index contributed by atoms with van der Waals surface area (Å²) in [6.45, 7) is 0. The van der Waals surface area contributed by atoms with Gasteiger partial charge in [-0.1, -0.05) is 28.1 Å². The fraction of sp³-hybridized carbons (Fsp3) is 0. The molecule has 0 aliphatic heterocycles. The average Bonchev–Trinajstić information content (AvgIpc) is 3.16. The highest BCUT2D eigenvalue weighted by Gasteiger charge is 2.23. The third-order valence-electron chi connectivity index (χ3n) is 2.91. The summed E-state index contributed by atoms with van der Waals surface area (Å²) in [5.74, 6) is -0.661. The van der Waals surface area contributed by atoms with E-state index in [1.165, 1.54) is 11.3 Å². The topological polar surface area (TPSA) is 114 Å². The first-order chi connectivity index (χ1) is 11.0. The number of carbonyl (C=O) groups is 1. The molecule has 0 radical (unpaired) electrons. The highest BCUT2D eigenvalue weighted by Crippen LogP contribution is 2.26. The number of nitro groups is 1. The standard InChI is InChI=1S/C13H8BrN5O3S/c14-8-3-1-7(2-4-8)9-6-23-13(16-9)17-12(20)11-10(19(21)22)5-15-18-11/h1-6H,(H,15,18)(H,16,17,20). The van der Waals surface area contributed by atoms with Gasteiger partial charge < -0.3 is 0 Å². The monoisotopic (exact) mass is 393 g/mol. The molecule has 0 aliphatic rings. The molecule has 0 unspecified atom stereocenters. The van der Waals surface area contributed by atoms with Crippen LogP contribution in [0.25, 0.3) is 11.3 Å². The van der Waals surface area contributed by atoms with Gasteiger partial charge in [0.2, 0.25) is 5.69 Å². The minimum atomic E-state index is -0.673. The lowest BCUT2D eigenvalue weighted by Gasteiger charge is -1.99. The predicted octanol–water partition coefficient (Wildman–Crippen LogP) is 3.46. The van der Waals surface area contributed by atoms with Gasteiger partial charge in [-0.05, 0) is 12.1 Å². The van der Waals surface area contributed by atoms with Gasteiger partial charge in [0, 0.05) is 15.4 Å². The number of benzene rings is 1. The van der Waals surface area contributed by atoms with Gasteiger partial charge in [-0.15, -0.1) is 11.3 Å². The lowest BCUT2D eigenvalue weighted by molar-refractivity contribution is -0.385. The molecule has 10 heteroatoms. The van der Waals surface area contributed by atoms with Crippen molar-refractivity contribution < 1.29 is 9.72 Å². The number of aromatic amines is 1. The number of rotatable bonds is 4. The first-order valence-electron chi connectivity index (χ1n) is 6.25. The Kier molecular flexibility index (Phi) is 4.17. The molecular weight excluding hydrogens is 386 g/mol. The van der Waals surface area contributed by atoms with Crippen LogP contribution >= 0.6 is 27.3 Å². The maximum Gasteiger partial charge on any atom is 0.319 e. The molecule has 1 aromatic carbocycles. The van der Waals surface area contributed by atoms with Crippen LogP contribution in [0.5, 0.6) is 0 Å². The number of aromatic nitrogens is 3. The molecule has 8 nitrogen and oxygen atoms in total. The van der Waals surface area contributed by atoms with E-state index in [-0.39, 0.29) is 11.4 Å². The third-order valence-corrected chi connectivity index (χ3v) is 4.19. The molecule has 0 spiro atoms. The Hall–Kier alpha value is -2.59. The van der Waals surface area contributed by atoms with E-state index in [1.807, 2.05) is 24.3 Å². The molecule has 3 aromatic rings. The number of amides is 1. The SMILES string of the molecule is O=C(Nc1nc(-c2ccc(Br)cc2)cs1)c1[nH]ncc1[N+](=O)[O-]. The van der Waals surface area contributed by atoms with Gasteiger partial charge in [-0.25, -0.2) is 4.98 Å². The minimum absolute atomic E-state index is 0.213. The molecule has 0 atom stereocenters. The number of H-pyrrole nitrogens is 1. The molecular formula is C13H8BrN5O3S. The van der Waals surface area contributed by atoms with Gasteiger partial charge in [-0.3, -0.25) is 25.3 Å². The third kappa shape index (κ3) is 3.27. The highest BCUT2D eigenvalue weighted by atomic mass is 79.9. The fourth-order valence-corrected chi connectivity index (χ4v) is 2.81. The van der Waals surface area contributed by atoms with Crippen molar-refractivity contribution >= 4 is 44.0 Å². The van der Waals surface area contributed by atoms with Crippen LogP contribution < -0.4 is 5.32 Å². The van der Waals surface area contributed by atoms with Gasteiger partial charge in [0.25, 0.3) is 5.91 Å². The molecule has 0 aliphatic carbocycles. The smallest absolute Gasteiger partial charge is 0.296 e. The van der Waals surface area contributed by atoms with Gasteiger partial charge >= 0.3 is 5.69 Å². The minimum Gasteiger partial charge on any atom is -0.296 e. The van der Waals surface area contributed by atoms with Crippen molar-refractivity contribution in [3.8, 4) is 11.3 Å². The molecule has 0 saturated heterocycles. The zero-order chi connectivity index (χ0) is 16.4. The Morgan fingerprint density at radius 3 is 2.78 bits per heavy atom. The molecule has 2 heterocycles. The Bertz CT molecular complexity index is 874. The quantitative estimate of drug-likeness (QED) is 0.520. The number of halogens is 1. The van der Waals surface area contributed by atoms with E-state index in [4.69, 9.17) is 0 Å². The summed E-state index contributed by atoms with van der Waals surface area (Å²) < 4.78 is 0.955. The van der Waals surface area contributed by atoms with Crippen LogP contribution in [0, 0.1) is 10.1 Å². The largest absolute Gasteiger partial charge is 0.319 e. The first-order valence-corrected chi connectivity index (χ1v) is 7.92. The van der Waals surface area contributed by atoms with Crippen LogP contribution in [-0.2, 0) is 0 Å². The van der Waals surface area contributed by atoms with Crippen molar-refractivity contribution in [2.45, 2.75) is 0 Å². The number of hydrogen-bond acceptors (Lipinski definition) is 6. The molecule has 2 N–H and O–H groups in total. The van der Waals surface area contributed by atoms with Crippen molar-refractivity contribution in [1.29, 1.82) is 0 Å². The van der Waals surface area contributed by atoms with E-state index < -0.39 is 10.8 Å². The second kappa shape index (κ2) is 6.26. The summed E-state index contributed by atoms with van der Waals surface area (Å²) in [7, 11) is 0. The molecule has 2 aromatic heterocycles. The summed E-state index contributed by atoms with van der Waals surface area (Å²) in [5.41, 5.74) is 1.01. The van der Waals surface area contributed by atoms with Gasteiger partial charge in [0.1, 0.15) is 6.20 Å². The van der Waals surface area contributed by atoms with Crippen LogP contribution in [-0.4, -0.2) is 26.0 Å². The molecule has 3 rings (SSSR count). The molecule has 23 heavy (non-hydrogen) atoms. The van der Waals surface area contributed by atoms with Gasteiger partial charge in [-0.2, -0.15) is 5.10 Å². The second-order valence-electron chi connectivity index (χ2n) is 4.39. The lowest BCUT2D eigenvalue weighted by atomic mass is 10.2. The van der Waals surface area contributed by atoms with E-state index in [0.29, 0.717) is 10.8 Å². The lowest BCUT2D eigenvalue weighted by Crippen LogP contribution is -2.14. The summed E-state index contributed by atoms with van der Waals surface area (Å²) >= 11 is 4.59. The summed E-state index contributed by atoms with van der Waals surface area (Å²) in [6.07, 6.45) is 0.990. The Morgan fingerprint density at radius 2 is 2.09 bits per heavy atom. The van der Waals surface area contributed by atoms with E-state index >= 15 is 0 Å². The summed E-state index contributed by atoms with van der Waals surface area (Å²) in [4.78, 5) is 26.5. The van der Waals surface area contributed by atoms with Crippen LogP contribution in [0.2, 0.25) is 0 Å². The number of nitrogens with zero attached hydrogens (tertiary/aromatic N) is 3. The Balaban J connectivity index is 1.79. The number of thiazole rings is 1. The van der Waals surface area contributed by atoms with Crippen molar-refractivity contribution in [1.82, 2.24) is 15.2 Å². The molecule has 0 bridgehead atoms. The zero-order valence-corrected chi connectivity index (χ0v) is 13.7. The number of carbonyl (C=O) groups excluding carboxylic acids is 1. The molecule has 1 amide bonds. The van der Waals surface area contributed by atoms with E-state index in [1.54, 1.807) is 5.38 Å². The maximum atomic E-state index is 12.1. The highest BCUT2D eigenvalue weighted by molar-refractivity contribution is 9.10. The number of hydrogen-bond donors (Lipinski definition) is 2. The van der Waals surface area contributed by atoms with E-state index in [0.717, 1.165) is 16.2 Å². The predicted molar refractivity (Wildman–Crippen MR) is 88.4 cm³/mol. The van der Waals surface area contributed by atoms with E-state index in [2.05, 4.69) is 36.4 Å².